The molecule has 0 aliphatic carbocycles. The first-order valence-corrected chi connectivity index (χ1v) is 16.5. The second-order valence-electron chi connectivity index (χ2n) is 12.1. The van der Waals surface area contributed by atoms with Gasteiger partial charge in [-0.15, -0.1) is 0 Å². The molecule has 9 aromatic rings. The molecule has 0 fully saturated rings. The fourth-order valence-electron chi connectivity index (χ4n) is 6.78. The topological polar surface area (TPSA) is 69.4 Å². The molecule has 6 nitrogen and oxygen atoms in total. The van der Waals surface area contributed by atoms with Crippen molar-refractivity contribution in [3.63, 3.8) is 0 Å². The Morgan fingerprint density at radius 2 is 1.20 bits per heavy atom. The van der Waals surface area contributed by atoms with E-state index in [2.05, 4.69) is 119 Å². The number of nitrogens with zero attached hydrogens (tertiary/aromatic N) is 6. The maximum atomic E-state index is 5.30. The predicted octanol–water partition coefficient (Wildman–Crippen LogP) is 10.1. The van der Waals surface area contributed by atoms with Gasteiger partial charge in [-0.1, -0.05) is 73.7 Å². The van der Waals surface area contributed by atoms with Crippen molar-refractivity contribution in [2.24, 2.45) is 0 Å². The summed E-state index contributed by atoms with van der Waals surface area (Å²) in [7, 11) is 0. The van der Waals surface area contributed by atoms with Gasteiger partial charge in [0, 0.05) is 64.4 Å². The van der Waals surface area contributed by atoms with E-state index in [0.29, 0.717) is 0 Å². The standard InChI is InChI=1S/C43H30N6/c1-2-40-48-43-39(49(40)33-12-4-3-5-13-33)21-20-35-34-14-6-7-15-36(34)47-42(41(35)43)29-18-16-28(17-19-29)32-24-37(30-10-8-22-44-26-30)46-38(25-32)31-11-9-23-45-27-31/h3-27H,2H2,1H3. The fourth-order valence-corrected chi connectivity index (χ4v) is 6.78. The summed E-state index contributed by atoms with van der Waals surface area (Å²) < 4.78 is 2.28. The molecule has 0 saturated heterocycles. The molecule has 0 atom stereocenters. The molecule has 0 N–H and O–H groups in total. The van der Waals surface area contributed by atoms with Gasteiger partial charge in [0.05, 0.1) is 33.6 Å². The Bertz CT molecular complexity index is 2560. The summed E-state index contributed by atoms with van der Waals surface area (Å²) in [6.45, 7) is 2.16. The maximum Gasteiger partial charge on any atom is 0.114 e. The molecular formula is C43H30N6. The van der Waals surface area contributed by atoms with E-state index in [-0.39, 0.29) is 0 Å². The molecule has 0 aliphatic rings. The molecule has 49 heavy (non-hydrogen) atoms. The lowest BCUT2D eigenvalue weighted by molar-refractivity contribution is 0.908. The van der Waals surface area contributed by atoms with Crippen molar-refractivity contribution < 1.29 is 0 Å². The molecule has 9 rings (SSSR count). The van der Waals surface area contributed by atoms with Crippen LogP contribution in [0.4, 0.5) is 0 Å². The number of pyridine rings is 4. The first-order chi connectivity index (χ1) is 24.2. The Morgan fingerprint density at radius 1 is 0.531 bits per heavy atom. The minimum Gasteiger partial charge on any atom is -0.296 e. The molecule has 232 valence electrons. The van der Waals surface area contributed by atoms with Crippen LogP contribution in [0.15, 0.2) is 152 Å². The highest BCUT2D eigenvalue weighted by atomic mass is 15.1. The van der Waals surface area contributed by atoms with Gasteiger partial charge in [-0.25, -0.2) is 15.0 Å². The monoisotopic (exact) mass is 630 g/mol. The van der Waals surface area contributed by atoms with Gasteiger partial charge in [-0.2, -0.15) is 0 Å². The number of rotatable bonds is 6. The molecule has 0 spiro atoms. The van der Waals surface area contributed by atoms with Crippen molar-refractivity contribution in [3.05, 3.63) is 158 Å². The zero-order valence-corrected chi connectivity index (χ0v) is 26.8. The third-order valence-electron chi connectivity index (χ3n) is 9.12. The minimum atomic E-state index is 0.810. The number of imidazole rings is 1. The normalized spacial score (nSPS) is 11.4. The summed E-state index contributed by atoms with van der Waals surface area (Å²) in [6, 6.07) is 44.2. The van der Waals surface area contributed by atoms with Crippen molar-refractivity contribution in [2.45, 2.75) is 13.3 Å². The Balaban J connectivity index is 1.23. The predicted molar refractivity (Wildman–Crippen MR) is 198 cm³/mol. The van der Waals surface area contributed by atoms with Gasteiger partial charge in [-0.3, -0.25) is 14.5 Å². The van der Waals surface area contributed by atoms with Crippen LogP contribution < -0.4 is 0 Å². The lowest BCUT2D eigenvalue weighted by Crippen LogP contribution is -1.99. The van der Waals surface area contributed by atoms with Gasteiger partial charge in [0.25, 0.3) is 0 Å². The van der Waals surface area contributed by atoms with Crippen molar-refractivity contribution in [3.8, 4) is 50.6 Å². The summed E-state index contributed by atoms with van der Waals surface area (Å²) >= 11 is 0. The van der Waals surface area contributed by atoms with Crippen LogP contribution in [0.5, 0.6) is 0 Å². The van der Waals surface area contributed by atoms with Crippen molar-refractivity contribution in [2.75, 3.05) is 0 Å². The molecule has 0 saturated carbocycles. The van der Waals surface area contributed by atoms with E-state index in [0.717, 1.165) is 95.5 Å². The molecule has 5 aromatic heterocycles. The van der Waals surface area contributed by atoms with Crippen LogP contribution in [0, 0.1) is 0 Å². The largest absolute Gasteiger partial charge is 0.296 e. The number of benzene rings is 4. The summed E-state index contributed by atoms with van der Waals surface area (Å²) in [5.74, 6) is 1.02. The maximum absolute atomic E-state index is 5.30. The van der Waals surface area contributed by atoms with Gasteiger partial charge in [0.1, 0.15) is 5.82 Å². The number of fused-ring (bicyclic) bond motifs is 5. The van der Waals surface area contributed by atoms with Gasteiger partial charge in [0.15, 0.2) is 0 Å². The first-order valence-electron chi connectivity index (χ1n) is 16.5. The highest BCUT2D eigenvalue weighted by Gasteiger charge is 2.19. The van der Waals surface area contributed by atoms with Crippen LogP contribution >= 0.6 is 0 Å². The van der Waals surface area contributed by atoms with Crippen molar-refractivity contribution in [1.82, 2.24) is 29.5 Å². The number of hydrogen-bond acceptors (Lipinski definition) is 5. The number of aryl methyl sites for hydroxylation is 1. The second kappa shape index (κ2) is 11.9. The lowest BCUT2D eigenvalue weighted by Gasteiger charge is -2.13. The highest BCUT2D eigenvalue weighted by molar-refractivity contribution is 6.19. The fraction of sp³-hybridized carbons (Fsp3) is 0.0465. The molecule has 0 amide bonds. The van der Waals surface area contributed by atoms with Crippen molar-refractivity contribution in [1.29, 1.82) is 0 Å². The molecule has 0 aliphatic heterocycles. The van der Waals surface area contributed by atoms with Gasteiger partial charge in [0.2, 0.25) is 0 Å². The SMILES string of the molecule is CCc1nc2c3c(-c4ccc(-c5cc(-c6cccnc6)nc(-c6cccnc6)c5)cc4)nc4ccccc4c3ccc2n1-c1ccccc1. The van der Waals surface area contributed by atoms with Crippen LogP contribution in [0.25, 0.3) is 83.3 Å². The average Bonchev–Trinajstić information content (AvgIpc) is 3.57. The number of aromatic nitrogens is 6. The van der Waals surface area contributed by atoms with Crippen molar-refractivity contribution >= 4 is 32.7 Å². The first kappa shape index (κ1) is 28.7. The number of hydrogen-bond donors (Lipinski definition) is 0. The minimum absolute atomic E-state index is 0.810. The molecule has 6 heteroatoms. The van der Waals surface area contributed by atoms with E-state index in [1.54, 1.807) is 12.4 Å². The number of para-hydroxylation sites is 2. The molecule has 0 unspecified atom stereocenters. The smallest absolute Gasteiger partial charge is 0.114 e. The Hall–Kier alpha value is -6.53. The zero-order chi connectivity index (χ0) is 32.7. The van der Waals surface area contributed by atoms with E-state index in [1.807, 2.05) is 42.7 Å². The summed E-state index contributed by atoms with van der Waals surface area (Å²) in [4.78, 5) is 24.3. The van der Waals surface area contributed by atoms with Crippen LogP contribution in [0.1, 0.15) is 12.7 Å². The quantitative estimate of drug-likeness (QED) is 0.171. The van der Waals surface area contributed by atoms with E-state index < -0.39 is 0 Å². The van der Waals surface area contributed by atoms with Crippen LogP contribution in [0.2, 0.25) is 0 Å². The van der Waals surface area contributed by atoms with E-state index in [4.69, 9.17) is 15.0 Å². The summed E-state index contributed by atoms with van der Waals surface area (Å²) in [6.07, 6.45) is 8.07. The Kier molecular flexibility index (Phi) is 6.98. The zero-order valence-electron chi connectivity index (χ0n) is 26.8. The van der Waals surface area contributed by atoms with Gasteiger partial charge >= 0.3 is 0 Å². The Morgan fingerprint density at radius 3 is 1.88 bits per heavy atom. The van der Waals surface area contributed by atoms with Crippen LogP contribution in [-0.2, 0) is 6.42 Å². The molecule has 0 radical (unpaired) electrons. The molecule has 5 heterocycles. The van der Waals surface area contributed by atoms with Gasteiger partial charge < -0.3 is 0 Å². The highest BCUT2D eigenvalue weighted by Crippen LogP contribution is 2.39. The lowest BCUT2D eigenvalue weighted by atomic mass is 9.96. The molecule has 0 bridgehead atoms. The van der Waals surface area contributed by atoms with Crippen LogP contribution in [-0.4, -0.2) is 29.5 Å². The molecule has 4 aromatic carbocycles. The van der Waals surface area contributed by atoms with Gasteiger partial charge in [-0.05, 0) is 77.2 Å². The van der Waals surface area contributed by atoms with E-state index in [1.165, 1.54) is 0 Å². The summed E-state index contributed by atoms with van der Waals surface area (Å²) in [5, 5.41) is 3.33. The second-order valence-corrected chi connectivity index (χ2v) is 12.1. The summed E-state index contributed by atoms with van der Waals surface area (Å²) in [5.41, 5.74) is 11.9. The van der Waals surface area contributed by atoms with Crippen LogP contribution in [0.3, 0.4) is 0 Å². The van der Waals surface area contributed by atoms with E-state index >= 15 is 0 Å². The van der Waals surface area contributed by atoms with E-state index in [9.17, 15) is 0 Å². The third-order valence-corrected chi connectivity index (χ3v) is 9.12. The molecular weight excluding hydrogens is 601 g/mol. The Labute approximate surface area is 283 Å². The average molecular weight is 631 g/mol. The third kappa shape index (κ3) is 5.02.